The first-order valence-electron chi connectivity index (χ1n) is 26.0. The number of rotatable bonds is 10. The van der Waals surface area contributed by atoms with Crippen LogP contribution >= 0.6 is 0 Å². The van der Waals surface area contributed by atoms with Crippen LogP contribution in [0.25, 0.3) is 44.5 Å². The maximum atomic E-state index is 15.6. The van der Waals surface area contributed by atoms with Crippen LogP contribution in [-0.4, -0.2) is 6.04 Å². The Morgan fingerprint density at radius 3 is 1.40 bits per heavy atom. The third kappa shape index (κ3) is 9.15. The van der Waals surface area contributed by atoms with Gasteiger partial charge in [-0.05, 0) is 144 Å². The minimum Gasteiger partial charge on any atom is -0.329 e. The monoisotopic (exact) mass is 1030 g/mol. The summed E-state index contributed by atoms with van der Waals surface area (Å²) < 4.78 is 93.3. The molecule has 0 aromatic heterocycles. The Morgan fingerprint density at radius 1 is 0.397 bits per heavy atom. The highest BCUT2D eigenvalue weighted by molar-refractivity contribution is 5.92. The van der Waals surface area contributed by atoms with Crippen molar-refractivity contribution >= 4 is 22.7 Å². The van der Waals surface area contributed by atoms with E-state index in [1.165, 1.54) is 24.3 Å². The van der Waals surface area contributed by atoms with Gasteiger partial charge < -0.3 is 9.80 Å². The van der Waals surface area contributed by atoms with Crippen LogP contribution in [0.15, 0.2) is 264 Å². The van der Waals surface area contributed by atoms with Gasteiger partial charge in [-0.1, -0.05) is 198 Å². The molecule has 0 N–H and O–H groups in total. The van der Waals surface area contributed by atoms with Gasteiger partial charge in [-0.2, -0.15) is 26.3 Å². The Kier molecular flexibility index (Phi) is 12.6. The molecule has 2 nitrogen and oxygen atoms in total. The molecule has 0 saturated heterocycles. The van der Waals surface area contributed by atoms with Crippen LogP contribution in [0.3, 0.4) is 0 Å². The largest absolute Gasteiger partial charge is 0.418 e. The van der Waals surface area contributed by atoms with E-state index in [1.807, 2.05) is 190 Å². The van der Waals surface area contributed by atoms with Crippen molar-refractivity contribution in [3.05, 3.63) is 298 Å². The van der Waals surface area contributed by atoms with Gasteiger partial charge in [0, 0.05) is 22.7 Å². The molecule has 8 aromatic carbocycles. The molecule has 2 unspecified atom stereocenters. The highest BCUT2D eigenvalue weighted by atomic mass is 19.4. The van der Waals surface area contributed by atoms with Gasteiger partial charge in [0.2, 0.25) is 0 Å². The van der Waals surface area contributed by atoms with Crippen LogP contribution in [0.4, 0.5) is 49.1 Å². The molecule has 2 atom stereocenters. The number of para-hydroxylation sites is 2. The first-order valence-corrected chi connectivity index (χ1v) is 26.0. The second-order valence-corrected chi connectivity index (χ2v) is 20.6. The van der Waals surface area contributed by atoms with Crippen molar-refractivity contribution < 1.29 is 26.3 Å². The zero-order valence-electron chi connectivity index (χ0n) is 43.3. The van der Waals surface area contributed by atoms with Gasteiger partial charge in [0.05, 0.1) is 39.9 Å². The smallest absolute Gasteiger partial charge is 0.329 e. The summed E-state index contributed by atoms with van der Waals surface area (Å²) in [6.07, 6.45) is 6.39. The number of allylic oxidation sites excluding steroid dienone is 10. The van der Waals surface area contributed by atoms with Crippen LogP contribution in [0.5, 0.6) is 0 Å². The highest BCUT2D eigenvalue weighted by Gasteiger charge is 2.44. The van der Waals surface area contributed by atoms with Gasteiger partial charge in [0.25, 0.3) is 0 Å². The lowest BCUT2D eigenvalue weighted by Gasteiger charge is -2.44. The normalized spacial score (nSPS) is 16.5. The summed E-state index contributed by atoms with van der Waals surface area (Å²) in [6, 6.07) is 55.0. The van der Waals surface area contributed by atoms with E-state index < -0.39 is 35.4 Å². The van der Waals surface area contributed by atoms with Crippen LogP contribution in [-0.2, 0) is 12.4 Å². The lowest BCUT2D eigenvalue weighted by Crippen LogP contribution is -2.38. The van der Waals surface area contributed by atoms with Gasteiger partial charge in [0.1, 0.15) is 0 Å². The van der Waals surface area contributed by atoms with E-state index in [4.69, 9.17) is 0 Å². The van der Waals surface area contributed by atoms with Crippen LogP contribution in [0.1, 0.15) is 33.4 Å². The second kappa shape index (κ2) is 19.6. The Labute approximate surface area is 451 Å². The van der Waals surface area contributed by atoms with E-state index in [0.717, 1.165) is 107 Å². The minimum absolute atomic E-state index is 0.0187. The molecule has 78 heavy (non-hydrogen) atoms. The standard InChI is InChI=1S/C70H52F6N2/c1-43-13-21-47(22-14-43)53-33-39-63(57(41-53)49-25-17-45(3)18-26-49)77(65-11-7-5-9-59(65)69(71,72)73)61-37-31-51-30-36-56-62(38-32-52-29-35-55(61)67(51)68(52)56)78(66-12-8-6-10-60(66)70(74,75)76)64-40-34-54(48-23-15-44(2)16-24-48)42-58(64)50-27-19-46(4)20-28-50/h5-42,61,68H,1-4H3. The fourth-order valence-electron chi connectivity index (χ4n) is 11.4. The number of benzene rings is 8. The number of alkyl halides is 6. The molecule has 12 rings (SSSR count). The number of anilines is 4. The molecule has 0 bridgehead atoms. The molecule has 0 aliphatic heterocycles. The zero-order chi connectivity index (χ0) is 54.0. The molecule has 384 valence electrons. The van der Waals surface area contributed by atoms with Crippen molar-refractivity contribution in [2.24, 2.45) is 5.92 Å². The van der Waals surface area contributed by atoms with E-state index >= 15 is 26.3 Å². The highest BCUT2D eigenvalue weighted by Crippen LogP contribution is 2.55. The molecule has 0 fully saturated rings. The molecule has 8 heteroatoms. The fraction of sp³-hybridized carbons (Fsp3) is 0.114. The zero-order valence-corrected chi connectivity index (χ0v) is 43.3. The van der Waals surface area contributed by atoms with Gasteiger partial charge in [-0.25, -0.2) is 0 Å². The maximum absolute atomic E-state index is 15.6. The maximum Gasteiger partial charge on any atom is 0.418 e. The molecule has 0 amide bonds. The van der Waals surface area contributed by atoms with E-state index in [2.05, 4.69) is 24.3 Å². The predicted molar refractivity (Wildman–Crippen MR) is 306 cm³/mol. The van der Waals surface area contributed by atoms with Crippen molar-refractivity contribution in [1.82, 2.24) is 0 Å². The van der Waals surface area contributed by atoms with Crippen molar-refractivity contribution in [1.29, 1.82) is 0 Å². The molecular weight excluding hydrogens is 983 g/mol. The minimum atomic E-state index is -4.72. The summed E-state index contributed by atoms with van der Waals surface area (Å²) in [6.45, 7) is 8.05. The van der Waals surface area contributed by atoms with Crippen LogP contribution in [0, 0.1) is 33.6 Å². The summed E-state index contributed by atoms with van der Waals surface area (Å²) in [4.78, 5) is 3.57. The van der Waals surface area contributed by atoms with Crippen molar-refractivity contribution in [2.45, 2.75) is 46.1 Å². The predicted octanol–water partition coefficient (Wildman–Crippen LogP) is 19.7. The van der Waals surface area contributed by atoms with E-state index in [0.29, 0.717) is 17.1 Å². The quantitative estimate of drug-likeness (QED) is 0.126. The summed E-state index contributed by atoms with van der Waals surface area (Å²) in [5.41, 5.74) is 15.4. The second-order valence-electron chi connectivity index (χ2n) is 20.6. The van der Waals surface area contributed by atoms with Gasteiger partial charge in [-0.15, -0.1) is 0 Å². The summed E-state index contributed by atoms with van der Waals surface area (Å²) in [5.74, 6) is -0.493. The third-order valence-electron chi connectivity index (χ3n) is 15.4. The van der Waals surface area contributed by atoms with Crippen molar-refractivity contribution in [2.75, 3.05) is 9.80 Å². The number of aryl methyl sites for hydroxylation is 4. The first-order chi connectivity index (χ1) is 37.6. The fourth-order valence-corrected chi connectivity index (χ4v) is 11.4. The van der Waals surface area contributed by atoms with E-state index in [1.54, 1.807) is 17.0 Å². The molecule has 0 radical (unpaired) electrons. The number of halogens is 6. The Morgan fingerprint density at radius 2 is 0.859 bits per heavy atom. The number of nitrogens with zero attached hydrogens (tertiary/aromatic N) is 2. The Balaban J connectivity index is 1.06. The molecular formula is C70H52F6N2. The van der Waals surface area contributed by atoms with Gasteiger partial charge in [0.15, 0.2) is 0 Å². The molecule has 8 aromatic rings. The van der Waals surface area contributed by atoms with Crippen LogP contribution < -0.4 is 9.80 Å². The molecule has 0 heterocycles. The summed E-state index contributed by atoms with van der Waals surface area (Å²) >= 11 is 0. The van der Waals surface area contributed by atoms with E-state index in [9.17, 15) is 0 Å². The summed E-state index contributed by atoms with van der Waals surface area (Å²) in [5, 5.41) is 0. The Bertz CT molecular complexity index is 3900. The molecule has 4 aliphatic carbocycles. The molecule has 0 saturated carbocycles. The number of hydrogen-bond acceptors (Lipinski definition) is 2. The van der Waals surface area contributed by atoms with Crippen molar-refractivity contribution in [3.8, 4) is 44.5 Å². The third-order valence-corrected chi connectivity index (χ3v) is 15.4. The Hall–Kier alpha value is -8.88. The van der Waals surface area contributed by atoms with Crippen molar-refractivity contribution in [3.63, 3.8) is 0 Å². The lowest BCUT2D eigenvalue weighted by atomic mass is 9.67. The topological polar surface area (TPSA) is 6.48 Å². The first kappa shape index (κ1) is 50.0. The summed E-state index contributed by atoms with van der Waals surface area (Å²) in [7, 11) is 0. The van der Waals surface area contributed by atoms with Gasteiger partial charge in [-0.3, -0.25) is 0 Å². The number of hydrogen-bond donors (Lipinski definition) is 0. The van der Waals surface area contributed by atoms with Crippen LogP contribution in [0.2, 0.25) is 0 Å². The van der Waals surface area contributed by atoms with E-state index in [-0.39, 0.29) is 11.4 Å². The average Bonchev–Trinajstić information content (AvgIpc) is 3.58. The molecule has 0 spiro atoms. The van der Waals surface area contributed by atoms with Gasteiger partial charge >= 0.3 is 12.4 Å². The average molecular weight is 1040 g/mol. The lowest BCUT2D eigenvalue weighted by molar-refractivity contribution is -0.137. The molecule has 4 aliphatic rings. The SMILES string of the molecule is Cc1ccc(-c2ccc(N(C3=C4C=CC5=C6C(=CC=C(C=C3)C46)C(N(c3ccc(-c4ccc(C)cc4)cc3-c3ccc(C)cc3)c3ccccc3C(F)(F)F)C=C5)c3ccccc3C(F)(F)F)c(-c3ccc(C)cc3)c2)cc1.